The Morgan fingerprint density at radius 1 is 0.480 bits per heavy atom. The Hall–Kier alpha value is -5.52. The number of rotatable bonds is 4. The normalized spacial score (nSPS) is 15.0. The summed E-state index contributed by atoms with van der Waals surface area (Å²) in [5, 5.41) is 0. The average Bonchev–Trinajstić information content (AvgIpc) is 3.16. The summed E-state index contributed by atoms with van der Waals surface area (Å²) in [7, 11) is 0. The Morgan fingerprint density at radius 3 is 1.58 bits per heavy atom. The highest BCUT2D eigenvalue weighted by Gasteiger charge is 2.42. The number of anilines is 3. The van der Waals surface area contributed by atoms with Gasteiger partial charge in [-0.3, -0.25) is 9.97 Å². The predicted molar refractivity (Wildman–Crippen MR) is 206 cm³/mol. The van der Waals surface area contributed by atoms with Crippen molar-refractivity contribution in [2.75, 3.05) is 4.90 Å². The van der Waals surface area contributed by atoms with Crippen molar-refractivity contribution in [2.45, 2.75) is 48.3 Å². The van der Waals surface area contributed by atoms with Gasteiger partial charge < -0.3 is 4.90 Å². The van der Waals surface area contributed by atoms with E-state index in [0.29, 0.717) is 0 Å². The van der Waals surface area contributed by atoms with Gasteiger partial charge in [-0.05, 0) is 112 Å². The summed E-state index contributed by atoms with van der Waals surface area (Å²) in [4.78, 5) is 18.8. The lowest BCUT2D eigenvalue weighted by molar-refractivity contribution is 0.521. The highest BCUT2D eigenvalue weighted by atomic mass is 32.2. The van der Waals surface area contributed by atoms with Crippen LogP contribution in [0.25, 0.3) is 33.6 Å². The Morgan fingerprint density at radius 2 is 1.02 bits per heavy atom. The number of para-hydroxylation sites is 2. The molecular weight excluding hydrogens is 629 g/mol. The molecule has 1 aliphatic heterocycles. The van der Waals surface area contributed by atoms with E-state index in [1.807, 2.05) is 36.3 Å². The van der Waals surface area contributed by atoms with Crippen LogP contribution >= 0.6 is 11.8 Å². The van der Waals surface area contributed by atoms with E-state index in [1.165, 1.54) is 54.7 Å². The number of nitrogens with zero attached hydrogens (tertiary/aromatic N) is 4. The molecule has 3 aromatic heterocycles. The fourth-order valence-corrected chi connectivity index (χ4v) is 8.87. The molecule has 0 N–H and O–H groups in total. The molecule has 242 valence electrons. The van der Waals surface area contributed by atoms with Crippen LogP contribution in [0.5, 0.6) is 0 Å². The number of hydrogen-bond donors (Lipinski definition) is 0. The molecule has 1 aliphatic carbocycles. The lowest BCUT2D eigenvalue weighted by Gasteiger charge is -2.45. The van der Waals surface area contributed by atoms with Crippen LogP contribution in [-0.4, -0.2) is 15.0 Å². The maximum atomic E-state index is 5.06. The predicted octanol–water partition coefficient (Wildman–Crippen LogP) is 11.8. The van der Waals surface area contributed by atoms with Crippen molar-refractivity contribution >= 4 is 28.8 Å². The van der Waals surface area contributed by atoms with Crippen molar-refractivity contribution in [1.82, 2.24) is 15.0 Å². The third-order valence-electron chi connectivity index (χ3n) is 10.5. The lowest BCUT2D eigenvalue weighted by atomic mass is 9.59. The summed E-state index contributed by atoms with van der Waals surface area (Å²) in [6.45, 7) is 9.51. The summed E-state index contributed by atoms with van der Waals surface area (Å²) >= 11 is 1.85. The van der Waals surface area contributed by atoms with Crippen molar-refractivity contribution in [3.63, 3.8) is 0 Å². The molecule has 7 aromatic rings. The minimum absolute atomic E-state index is 0.210. The van der Waals surface area contributed by atoms with Gasteiger partial charge in [0, 0.05) is 62.2 Å². The molecule has 0 saturated heterocycles. The summed E-state index contributed by atoms with van der Waals surface area (Å²) < 4.78 is 0. The van der Waals surface area contributed by atoms with Gasteiger partial charge in [0.2, 0.25) is 0 Å². The van der Waals surface area contributed by atoms with E-state index in [2.05, 4.69) is 152 Å². The van der Waals surface area contributed by atoms with Crippen LogP contribution in [0.3, 0.4) is 0 Å². The summed E-state index contributed by atoms with van der Waals surface area (Å²) in [6.07, 6.45) is 7.35. The van der Waals surface area contributed by atoms with E-state index in [0.717, 1.165) is 28.1 Å². The van der Waals surface area contributed by atoms with E-state index in [9.17, 15) is 0 Å². The monoisotopic (exact) mass is 664 g/mol. The number of hydrogen-bond acceptors (Lipinski definition) is 5. The van der Waals surface area contributed by atoms with E-state index < -0.39 is 0 Å². The van der Waals surface area contributed by atoms with Gasteiger partial charge >= 0.3 is 0 Å². The molecule has 0 atom stereocenters. The zero-order chi connectivity index (χ0) is 34.0. The molecule has 9 rings (SSSR count). The number of aromatic nitrogens is 3. The molecule has 0 spiro atoms. The van der Waals surface area contributed by atoms with Crippen molar-refractivity contribution in [3.8, 4) is 33.6 Å². The molecule has 4 nitrogen and oxygen atoms in total. The van der Waals surface area contributed by atoms with E-state index >= 15 is 0 Å². The van der Waals surface area contributed by atoms with Crippen LogP contribution in [0.15, 0.2) is 156 Å². The van der Waals surface area contributed by atoms with Crippen LogP contribution in [-0.2, 0) is 10.8 Å². The average molecular weight is 665 g/mol. The van der Waals surface area contributed by atoms with Gasteiger partial charge in [-0.1, -0.05) is 81.9 Å². The SMILES string of the molecule is CC1(C)c2ccc(N3c4ccccc4Sc4ccccc43)cc2C(C)(C)c2ccc(-c3cc(-c4cccnc4)nc(-c4cccnc4)c3)cc21. The summed E-state index contributed by atoms with van der Waals surface area (Å²) in [5.41, 5.74) is 14.7. The minimum atomic E-state index is -0.215. The van der Waals surface area contributed by atoms with Crippen molar-refractivity contribution in [3.05, 3.63) is 168 Å². The standard InChI is InChI=1S/C45H36N4S/c1-44(2)35-20-18-33(49-40-13-5-7-15-42(40)50-43-16-8-6-14-41(43)49)26-37(35)45(3,4)34-19-17-29(23-36(34)44)32-24-38(30-11-9-21-46-27-30)48-39(25-32)31-12-10-22-47-28-31/h5-28H,1-4H3. The van der Waals surface area contributed by atoms with Crippen LogP contribution in [0.2, 0.25) is 0 Å². The molecule has 0 radical (unpaired) electrons. The minimum Gasteiger partial charge on any atom is -0.308 e. The molecule has 0 saturated carbocycles. The Bertz CT molecular complexity index is 2310. The van der Waals surface area contributed by atoms with Crippen molar-refractivity contribution in [2.24, 2.45) is 0 Å². The molecule has 5 heteroatoms. The number of benzene rings is 4. The third-order valence-corrected chi connectivity index (χ3v) is 11.6. The number of pyridine rings is 3. The molecule has 50 heavy (non-hydrogen) atoms. The Balaban J connectivity index is 1.17. The molecule has 0 fully saturated rings. The Labute approximate surface area is 297 Å². The van der Waals surface area contributed by atoms with Gasteiger partial charge in [0.05, 0.1) is 22.8 Å². The fourth-order valence-electron chi connectivity index (χ4n) is 7.81. The topological polar surface area (TPSA) is 41.9 Å². The maximum absolute atomic E-state index is 5.06. The molecule has 2 aliphatic rings. The van der Waals surface area contributed by atoms with E-state index in [4.69, 9.17) is 4.98 Å². The smallest absolute Gasteiger partial charge is 0.0731 e. The van der Waals surface area contributed by atoms with E-state index in [-0.39, 0.29) is 10.8 Å². The molecule has 0 amide bonds. The quantitative estimate of drug-likeness (QED) is 0.187. The van der Waals surface area contributed by atoms with Crippen molar-refractivity contribution < 1.29 is 0 Å². The largest absolute Gasteiger partial charge is 0.308 e. The molecular formula is C45H36N4S. The third kappa shape index (κ3) is 4.87. The van der Waals surface area contributed by atoms with E-state index in [1.54, 1.807) is 12.4 Å². The fraction of sp³-hybridized carbons (Fsp3) is 0.133. The molecule has 4 heterocycles. The summed E-state index contributed by atoms with van der Waals surface area (Å²) in [5.74, 6) is 0. The van der Waals surface area contributed by atoms with Crippen LogP contribution in [0, 0.1) is 0 Å². The van der Waals surface area contributed by atoms with Gasteiger partial charge in [-0.25, -0.2) is 4.98 Å². The highest BCUT2D eigenvalue weighted by molar-refractivity contribution is 7.99. The second kappa shape index (κ2) is 11.5. The molecule has 4 aromatic carbocycles. The van der Waals surface area contributed by atoms with Gasteiger partial charge in [0.15, 0.2) is 0 Å². The first-order chi connectivity index (χ1) is 24.3. The number of fused-ring (bicyclic) bond motifs is 4. The second-order valence-corrected chi connectivity index (χ2v) is 15.3. The zero-order valence-corrected chi connectivity index (χ0v) is 29.4. The Kier molecular flexibility index (Phi) is 7.04. The van der Waals surface area contributed by atoms with Gasteiger partial charge in [0.25, 0.3) is 0 Å². The molecule has 0 unspecified atom stereocenters. The highest BCUT2D eigenvalue weighted by Crippen LogP contribution is 2.55. The first kappa shape index (κ1) is 30.5. The van der Waals surface area contributed by atoms with Crippen LogP contribution in [0.1, 0.15) is 49.9 Å². The van der Waals surface area contributed by atoms with Crippen LogP contribution in [0.4, 0.5) is 17.1 Å². The maximum Gasteiger partial charge on any atom is 0.0731 e. The first-order valence-corrected chi connectivity index (χ1v) is 17.9. The second-order valence-electron chi connectivity index (χ2n) is 14.2. The zero-order valence-electron chi connectivity index (χ0n) is 28.6. The lowest BCUT2D eigenvalue weighted by Crippen LogP contribution is -2.36. The summed E-state index contributed by atoms with van der Waals surface area (Å²) in [6, 6.07) is 44.1. The van der Waals surface area contributed by atoms with Gasteiger partial charge in [-0.2, -0.15) is 0 Å². The first-order valence-electron chi connectivity index (χ1n) is 17.1. The molecule has 0 bridgehead atoms. The van der Waals surface area contributed by atoms with Crippen molar-refractivity contribution in [1.29, 1.82) is 0 Å². The van der Waals surface area contributed by atoms with Gasteiger partial charge in [0.1, 0.15) is 0 Å². The van der Waals surface area contributed by atoms with Gasteiger partial charge in [-0.15, -0.1) is 0 Å². The van der Waals surface area contributed by atoms with Crippen LogP contribution < -0.4 is 4.90 Å².